The molecule has 0 heterocycles. The molecule has 2 aromatic rings. The lowest BCUT2D eigenvalue weighted by Gasteiger charge is -2.22. The van der Waals surface area contributed by atoms with Gasteiger partial charge in [0.15, 0.2) is 6.10 Å². The first-order valence-electron chi connectivity index (χ1n) is 10.1. The monoisotopic (exact) mass is 410 g/mol. The highest BCUT2D eigenvalue weighted by Crippen LogP contribution is 2.68. The molecule has 0 N–H and O–H groups in total. The number of para-hydroxylation sites is 1. The Morgan fingerprint density at radius 1 is 0.931 bits per heavy atom. The molecule has 4 heteroatoms. The van der Waals surface area contributed by atoms with E-state index in [1.54, 1.807) is 0 Å². The van der Waals surface area contributed by atoms with Crippen LogP contribution in [0.25, 0.3) is 0 Å². The molecule has 3 nitrogen and oxygen atoms in total. The summed E-state index contributed by atoms with van der Waals surface area (Å²) < 4.78 is 12.0. The summed E-state index contributed by atoms with van der Waals surface area (Å²) in [6.45, 7) is 12.5. The summed E-state index contributed by atoms with van der Waals surface area (Å²) in [6.07, 6.45) is -0.566. The van der Waals surface area contributed by atoms with Crippen molar-refractivity contribution in [3.63, 3.8) is 0 Å². The molecule has 0 bridgehead atoms. The van der Waals surface area contributed by atoms with Gasteiger partial charge in [-0.1, -0.05) is 84.1 Å². The lowest BCUT2D eigenvalue weighted by atomic mass is 9.98. The SMILES string of the molecule is CC(C)C(=S)C(OC(=O)C1C(C)(C)C1(C)C)c1cccc(Oc2ccccc2)c1. The minimum atomic E-state index is -0.566. The van der Waals surface area contributed by atoms with Crippen molar-refractivity contribution >= 4 is 23.1 Å². The Hall–Kier alpha value is -2.20. The zero-order chi connectivity index (χ0) is 21.4. The zero-order valence-electron chi connectivity index (χ0n) is 18.1. The topological polar surface area (TPSA) is 35.5 Å². The molecule has 2 aromatic carbocycles. The lowest BCUT2D eigenvalue weighted by molar-refractivity contribution is -0.149. The van der Waals surface area contributed by atoms with Crippen molar-refractivity contribution in [1.82, 2.24) is 0 Å². The smallest absolute Gasteiger partial charge is 0.311 e. The summed E-state index contributed by atoms with van der Waals surface area (Å²) in [5.41, 5.74) is 0.681. The van der Waals surface area contributed by atoms with Gasteiger partial charge in [-0.05, 0) is 41.0 Å². The van der Waals surface area contributed by atoms with Gasteiger partial charge in [0.25, 0.3) is 0 Å². The standard InChI is InChI=1S/C25H30O3S/c1-16(2)21(29)20(28-23(26)22-24(3,4)25(22,5)6)17-11-10-14-19(15-17)27-18-12-8-7-9-13-18/h7-16,20,22H,1-6H3. The van der Waals surface area contributed by atoms with E-state index in [1.165, 1.54) is 0 Å². The number of hydrogen-bond acceptors (Lipinski definition) is 4. The highest BCUT2D eigenvalue weighted by atomic mass is 32.1. The van der Waals surface area contributed by atoms with Crippen LogP contribution in [0.3, 0.4) is 0 Å². The largest absolute Gasteiger partial charge is 0.457 e. The van der Waals surface area contributed by atoms with Crippen LogP contribution >= 0.6 is 12.2 Å². The maximum atomic E-state index is 13.0. The number of carbonyl (C=O) groups is 1. The molecule has 154 valence electrons. The first kappa shape index (κ1) is 21.5. The van der Waals surface area contributed by atoms with Crippen LogP contribution in [0.4, 0.5) is 0 Å². The van der Waals surface area contributed by atoms with E-state index in [2.05, 4.69) is 27.7 Å². The van der Waals surface area contributed by atoms with Gasteiger partial charge in [0.05, 0.1) is 5.92 Å². The van der Waals surface area contributed by atoms with Crippen LogP contribution in [0.15, 0.2) is 54.6 Å². The molecule has 3 rings (SSSR count). The molecule has 0 aromatic heterocycles. The van der Waals surface area contributed by atoms with Gasteiger partial charge in [0, 0.05) is 10.4 Å². The van der Waals surface area contributed by atoms with E-state index < -0.39 is 6.10 Å². The molecule has 0 saturated heterocycles. The number of esters is 1. The summed E-state index contributed by atoms with van der Waals surface area (Å²) in [4.78, 5) is 13.7. The van der Waals surface area contributed by atoms with E-state index in [9.17, 15) is 4.79 Å². The molecule has 1 aliphatic rings. The van der Waals surface area contributed by atoms with Crippen LogP contribution in [-0.4, -0.2) is 10.8 Å². The summed E-state index contributed by atoms with van der Waals surface area (Å²) in [5, 5.41) is 0. The average molecular weight is 411 g/mol. The molecule has 1 aliphatic carbocycles. The molecule has 1 unspecified atom stereocenters. The van der Waals surface area contributed by atoms with Gasteiger partial charge in [-0.2, -0.15) is 0 Å². The predicted octanol–water partition coefficient (Wildman–Crippen LogP) is 6.77. The van der Waals surface area contributed by atoms with E-state index in [-0.39, 0.29) is 28.6 Å². The van der Waals surface area contributed by atoms with Crippen LogP contribution in [0.5, 0.6) is 11.5 Å². The number of benzene rings is 2. The molecular weight excluding hydrogens is 380 g/mol. The molecule has 0 spiro atoms. The summed E-state index contributed by atoms with van der Waals surface area (Å²) in [7, 11) is 0. The third-order valence-electron chi connectivity index (χ3n) is 6.46. The van der Waals surface area contributed by atoms with E-state index in [1.807, 2.05) is 68.4 Å². The van der Waals surface area contributed by atoms with Gasteiger partial charge in [0.2, 0.25) is 0 Å². The molecule has 0 amide bonds. The maximum absolute atomic E-state index is 13.0. The molecule has 1 fully saturated rings. The normalized spacial score (nSPS) is 18.2. The van der Waals surface area contributed by atoms with Gasteiger partial charge >= 0.3 is 5.97 Å². The molecule has 0 radical (unpaired) electrons. The van der Waals surface area contributed by atoms with Crippen molar-refractivity contribution in [3.05, 3.63) is 60.2 Å². The second-order valence-electron chi connectivity index (χ2n) is 9.24. The van der Waals surface area contributed by atoms with E-state index in [0.717, 1.165) is 11.3 Å². The number of ether oxygens (including phenoxy) is 2. The predicted molar refractivity (Wildman–Crippen MR) is 120 cm³/mol. The van der Waals surface area contributed by atoms with Crippen molar-refractivity contribution in [1.29, 1.82) is 0 Å². The van der Waals surface area contributed by atoms with Crippen LogP contribution in [-0.2, 0) is 9.53 Å². The fourth-order valence-corrected chi connectivity index (χ4v) is 4.11. The summed E-state index contributed by atoms with van der Waals surface area (Å²) >= 11 is 5.68. The number of thiocarbonyl (C=S) groups is 1. The molecule has 1 saturated carbocycles. The third-order valence-corrected chi connectivity index (χ3v) is 7.14. The Balaban J connectivity index is 1.85. The Kier molecular flexibility index (Phi) is 5.86. The minimum Gasteiger partial charge on any atom is -0.457 e. The molecule has 0 aliphatic heterocycles. The highest BCUT2D eigenvalue weighted by Gasteiger charge is 2.69. The summed E-state index contributed by atoms with van der Waals surface area (Å²) in [5.74, 6) is 1.25. The Labute approximate surface area is 179 Å². The van der Waals surface area contributed by atoms with Gasteiger partial charge < -0.3 is 9.47 Å². The Morgan fingerprint density at radius 3 is 2.07 bits per heavy atom. The van der Waals surface area contributed by atoms with Crippen molar-refractivity contribution < 1.29 is 14.3 Å². The average Bonchev–Trinajstić information content (AvgIpc) is 3.08. The van der Waals surface area contributed by atoms with Crippen molar-refractivity contribution in [3.8, 4) is 11.5 Å². The van der Waals surface area contributed by atoms with E-state index in [4.69, 9.17) is 21.7 Å². The van der Waals surface area contributed by atoms with Gasteiger partial charge in [-0.25, -0.2) is 0 Å². The zero-order valence-corrected chi connectivity index (χ0v) is 18.9. The van der Waals surface area contributed by atoms with Gasteiger partial charge in [-0.3, -0.25) is 4.79 Å². The third kappa shape index (κ3) is 4.23. The molecule has 1 atom stereocenters. The van der Waals surface area contributed by atoms with Crippen molar-refractivity contribution in [2.75, 3.05) is 0 Å². The Bertz CT molecular complexity index is 885. The minimum absolute atomic E-state index is 0.0770. The van der Waals surface area contributed by atoms with Crippen molar-refractivity contribution in [2.24, 2.45) is 22.7 Å². The van der Waals surface area contributed by atoms with Crippen LogP contribution in [0.2, 0.25) is 0 Å². The molecule has 29 heavy (non-hydrogen) atoms. The lowest BCUT2D eigenvalue weighted by Crippen LogP contribution is -2.24. The van der Waals surface area contributed by atoms with Crippen molar-refractivity contribution in [2.45, 2.75) is 47.6 Å². The number of carbonyl (C=O) groups excluding carboxylic acids is 1. The number of rotatable bonds is 7. The first-order valence-corrected chi connectivity index (χ1v) is 10.5. The van der Waals surface area contributed by atoms with Crippen LogP contribution < -0.4 is 4.74 Å². The van der Waals surface area contributed by atoms with Gasteiger partial charge in [-0.15, -0.1) is 0 Å². The van der Waals surface area contributed by atoms with Crippen LogP contribution in [0, 0.1) is 22.7 Å². The van der Waals surface area contributed by atoms with E-state index in [0.29, 0.717) is 10.6 Å². The number of hydrogen-bond donors (Lipinski definition) is 0. The second kappa shape index (κ2) is 7.91. The van der Waals surface area contributed by atoms with E-state index >= 15 is 0 Å². The quantitative estimate of drug-likeness (QED) is 0.373. The highest BCUT2D eigenvalue weighted by molar-refractivity contribution is 7.80. The molecular formula is C25H30O3S. The summed E-state index contributed by atoms with van der Waals surface area (Å²) in [6, 6.07) is 17.2. The Morgan fingerprint density at radius 2 is 1.52 bits per heavy atom. The fourth-order valence-electron chi connectivity index (χ4n) is 3.93. The second-order valence-corrected chi connectivity index (χ2v) is 9.71. The van der Waals surface area contributed by atoms with Gasteiger partial charge in [0.1, 0.15) is 11.5 Å². The first-order chi connectivity index (χ1) is 13.6. The maximum Gasteiger partial charge on any atom is 0.311 e. The van der Waals surface area contributed by atoms with Crippen LogP contribution in [0.1, 0.15) is 53.2 Å². The fraction of sp³-hybridized carbons (Fsp3) is 0.440.